The normalized spacial score (nSPS) is 14.6. The number of hydrogen-bond donors (Lipinski definition) is 0. The molecule has 0 saturated carbocycles. The van der Waals surface area contributed by atoms with E-state index < -0.39 is 41.1 Å². The molecule has 0 fully saturated rings. The van der Waals surface area contributed by atoms with Crippen LogP contribution in [0.5, 0.6) is 0 Å². The molecule has 2 aromatic carbocycles. The van der Waals surface area contributed by atoms with Crippen molar-refractivity contribution in [3.05, 3.63) is 82.9 Å². The topological polar surface area (TPSA) is 89.8 Å². The van der Waals surface area contributed by atoms with Crippen LogP contribution in [0.15, 0.2) is 72.1 Å². The monoisotopic (exact) mass is 490 g/mol. The van der Waals surface area contributed by atoms with E-state index in [1.54, 1.807) is 13.0 Å². The molecule has 2 rings (SSSR count). The van der Waals surface area contributed by atoms with E-state index >= 15 is 0 Å². The van der Waals surface area contributed by atoms with Gasteiger partial charge in [0.05, 0.1) is 17.1 Å². The molecule has 0 spiro atoms. The van der Waals surface area contributed by atoms with Gasteiger partial charge in [0, 0.05) is 12.6 Å². The lowest BCUT2D eigenvalue weighted by atomic mass is 10.1. The zero-order valence-electron chi connectivity index (χ0n) is 20.2. The molecule has 0 aromatic heterocycles. The summed E-state index contributed by atoms with van der Waals surface area (Å²) >= 11 is 0. The summed E-state index contributed by atoms with van der Waals surface area (Å²) < 4.78 is 35.5. The first-order valence-corrected chi connectivity index (χ1v) is 15.2. The van der Waals surface area contributed by atoms with Crippen molar-refractivity contribution in [1.82, 2.24) is 4.31 Å². The molecule has 0 N–H and O–H groups in total. The second-order valence-electron chi connectivity index (χ2n) is 9.58. The average Bonchev–Trinajstić information content (AvgIpc) is 2.75. The van der Waals surface area contributed by atoms with Crippen LogP contribution in [0.2, 0.25) is 18.1 Å². The molecule has 9 heteroatoms. The maximum Gasteiger partial charge on any atom is 0.289 e. The van der Waals surface area contributed by atoms with Crippen molar-refractivity contribution in [3.8, 4) is 0 Å². The number of nitrogens with zero attached hydrogens (tertiary/aromatic N) is 2. The Labute approximate surface area is 198 Å². The van der Waals surface area contributed by atoms with E-state index in [2.05, 4.69) is 40.4 Å². The molecule has 0 aliphatic carbocycles. The van der Waals surface area contributed by atoms with Crippen molar-refractivity contribution in [2.24, 2.45) is 0 Å². The fourth-order valence-electron chi connectivity index (χ4n) is 3.19. The fourth-order valence-corrected chi connectivity index (χ4v) is 6.30. The molecule has 33 heavy (non-hydrogen) atoms. The Kier molecular flexibility index (Phi) is 8.40. The summed E-state index contributed by atoms with van der Waals surface area (Å²) in [7, 11) is -6.50. The van der Waals surface area contributed by atoms with Gasteiger partial charge in [0.25, 0.3) is 15.7 Å². The molecule has 0 aliphatic rings. The molecule has 0 aliphatic heterocycles. The Morgan fingerprint density at radius 3 is 2.18 bits per heavy atom. The highest BCUT2D eigenvalue weighted by molar-refractivity contribution is 7.89. The summed E-state index contributed by atoms with van der Waals surface area (Å²) in [5.74, 6) is 0. The standard InChI is InChI=1S/C24H34N2O5SSi/c1-8-22(31-33(6,7)24(3,4)5)19(2)25(18-20-14-10-9-11-15-20)32(29,30)23-17-13-12-16-21(23)26(27)28/h8-17,19,22H,1,18H2,2-7H3/t19-,22+/m0/s1. The van der Waals surface area contributed by atoms with Gasteiger partial charge in [-0.15, -0.1) is 6.58 Å². The summed E-state index contributed by atoms with van der Waals surface area (Å²) in [5.41, 5.74) is 0.310. The Morgan fingerprint density at radius 1 is 1.12 bits per heavy atom. The van der Waals surface area contributed by atoms with Crippen LogP contribution in [-0.2, 0) is 21.0 Å². The molecule has 0 saturated heterocycles. The summed E-state index contributed by atoms with van der Waals surface area (Å²) in [6.45, 7) is 16.2. The second-order valence-corrected chi connectivity index (χ2v) is 16.2. The highest BCUT2D eigenvalue weighted by atomic mass is 32.2. The van der Waals surface area contributed by atoms with Crippen LogP contribution in [0.1, 0.15) is 33.3 Å². The van der Waals surface area contributed by atoms with Gasteiger partial charge in [-0.1, -0.05) is 69.3 Å². The summed E-state index contributed by atoms with van der Waals surface area (Å²) in [4.78, 5) is 10.6. The van der Waals surface area contributed by atoms with Crippen molar-refractivity contribution < 1.29 is 17.8 Å². The first kappa shape index (κ1) is 26.9. The van der Waals surface area contributed by atoms with Crippen LogP contribution in [0.3, 0.4) is 0 Å². The Bertz CT molecular complexity index is 1080. The zero-order chi connectivity index (χ0) is 25.0. The number of benzene rings is 2. The summed E-state index contributed by atoms with van der Waals surface area (Å²) in [5, 5.41) is 11.5. The predicted molar refractivity (Wildman–Crippen MR) is 134 cm³/mol. The van der Waals surface area contributed by atoms with E-state index in [1.807, 2.05) is 30.3 Å². The summed E-state index contributed by atoms with van der Waals surface area (Å²) in [6.07, 6.45) is 1.03. The van der Waals surface area contributed by atoms with Gasteiger partial charge in [-0.05, 0) is 36.7 Å². The van der Waals surface area contributed by atoms with Crippen LogP contribution in [0, 0.1) is 10.1 Å². The van der Waals surface area contributed by atoms with Crippen molar-refractivity contribution >= 4 is 24.0 Å². The van der Waals surface area contributed by atoms with Gasteiger partial charge in [-0.2, -0.15) is 4.31 Å². The predicted octanol–water partition coefficient (Wildman–Crippen LogP) is 5.75. The van der Waals surface area contributed by atoms with Gasteiger partial charge in [0.15, 0.2) is 13.2 Å². The SMILES string of the molecule is C=C[C@@H](O[Si](C)(C)C(C)(C)C)[C@H](C)N(Cc1ccccc1)S(=O)(=O)c1ccccc1[N+](=O)[O-]. The quantitative estimate of drug-likeness (QED) is 0.183. The third kappa shape index (κ3) is 6.17. The van der Waals surface area contributed by atoms with Gasteiger partial charge in [0.1, 0.15) is 0 Å². The van der Waals surface area contributed by atoms with Crippen molar-refractivity contribution in [3.63, 3.8) is 0 Å². The number of rotatable bonds is 10. The average molecular weight is 491 g/mol. The Morgan fingerprint density at radius 2 is 1.67 bits per heavy atom. The van der Waals surface area contributed by atoms with Gasteiger partial charge in [-0.25, -0.2) is 8.42 Å². The molecular formula is C24H34N2O5SSi. The lowest BCUT2D eigenvalue weighted by molar-refractivity contribution is -0.387. The lowest BCUT2D eigenvalue weighted by Crippen LogP contribution is -2.51. The highest BCUT2D eigenvalue weighted by Gasteiger charge is 2.42. The maximum absolute atomic E-state index is 13.8. The maximum atomic E-state index is 13.8. The van der Waals surface area contributed by atoms with Gasteiger partial charge in [0.2, 0.25) is 0 Å². The number of nitro benzene ring substituents is 1. The van der Waals surface area contributed by atoms with Crippen molar-refractivity contribution in [2.45, 2.75) is 69.4 Å². The van der Waals surface area contributed by atoms with Crippen molar-refractivity contribution in [2.75, 3.05) is 0 Å². The van der Waals surface area contributed by atoms with Crippen LogP contribution in [0.25, 0.3) is 0 Å². The number of nitro groups is 1. The van der Waals surface area contributed by atoms with Gasteiger partial charge in [-0.3, -0.25) is 10.1 Å². The van der Waals surface area contributed by atoms with Gasteiger partial charge >= 0.3 is 0 Å². The van der Waals surface area contributed by atoms with Crippen LogP contribution < -0.4 is 0 Å². The molecule has 0 bridgehead atoms. The zero-order valence-corrected chi connectivity index (χ0v) is 22.0. The first-order valence-electron chi connectivity index (χ1n) is 10.8. The van der Waals surface area contributed by atoms with E-state index in [0.29, 0.717) is 0 Å². The Hall–Kier alpha value is -2.33. The minimum Gasteiger partial charge on any atom is -0.409 e. The minimum absolute atomic E-state index is 0.0432. The third-order valence-corrected chi connectivity index (χ3v) is 12.7. The fraction of sp³-hybridized carbons (Fsp3) is 0.417. The van der Waals surface area contributed by atoms with Crippen LogP contribution in [0.4, 0.5) is 5.69 Å². The van der Waals surface area contributed by atoms with E-state index in [-0.39, 0.29) is 16.5 Å². The van der Waals surface area contributed by atoms with E-state index in [9.17, 15) is 18.5 Å². The number of para-hydroxylation sites is 1. The largest absolute Gasteiger partial charge is 0.409 e. The Balaban J connectivity index is 2.58. The third-order valence-electron chi connectivity index (χ3n) is 6.23. The minimum atomic E-state index is -4.24. The highest BCUT2D eigenvalue weighted by Crippen LogP contribution is 2.39. The van der Waals surface area contributed by atoms with E-state index in [0.717, 1.165) is 5.56 Å². The van der Waals surface area contributed by atoms with Gasteiger partial charge < -0.3 is 4.43 Å². The van der Waals surface area contributed by atoms with Crippen molar-refractivity contribution in [1.29, 1.82) is 0 Å². The second kappa shape index (κ2) is 10.3. The molecular weight excluding hydrogens is 456 g/mol. The van der Waals surface area contributed by atoms with E-state index in [4.69, 9.17) is 4.43 Å². The molecule has 7 nitrogen and oxygen atoms in total. The number of hydrogen-bond acceptors (Lipinski definition) is 5. The molecule has 0 amide bonds. The molecule has 0 unspecified atom stereocenters. The molecule has 2 atom stereocenters. The molecule has 0 heterocycles. The molecule has 0 radical (unpaired) electrons. The first-order chi connectivity index (χ1) is 15.2. The van der Waals surface area contributed by atoms with E-state index in [1.165, 1.54) is 28.6 Å². The summed E-state index contributed by atoms with van der Waals surface area (Å²) in [6, 6.07) is 13.9. The smallest absolute Gasteiger partial charge is 0.289 e. The number of sulfonamides is 1. The van der Waals surface area contributed by atoms with Crippen LogP contribution in [-0.4, -0.2) is 38.1 Å². The lowest BCUT2D eigenvalue weighted by Gasteiger charge is -2.42. The molecule has 2 aromatic rings. The van der Waals surface area contributed by atoms with Crippen LogP contribution >= 0.6 is 0 Å². The molecule has 180 valence electrons.